The second-order valence-corrected chi connectivity index (χ2v) is 4.46. The summed E-state index contributed by atoms with van der Waals surface area (Å²) in [5.74, 6) is 1.06. The summed E-state index contributed by atoms with van der Waals surface area (Å²) in [5.41, 5.74) is 1.99. The summed E-state index contributed by atoms with van der Waals surface area (Å²) in [6.07, 6.45) is 3.48. The minimum Gasteiger partial charge on any atom is -0.339 e. The first-order chi connectivity index (χ1) is 8.09. The van der Waals surface area contributed by atoms with E-state index in [1.165, 1.54) is 16.6 Å². The van der Waals surface area contributed by atoms with Crippen LogP contribution in [0.4, 0.5) is 5.95 Å². The molecule has 1 aliphatic heterocycles. The molecule has 0 saturated heterocycles. The van der Waals surface area contributed by atoms with E-state index >= 15 is 0 Å². The van der Waals surface area contributed by atoms with Crippen LogP contribution in [-0.2, 0) is 7.05 Å². The Balaban J connectivity index is 2.13. The van der Waals surface area contributed by atoms with Gasteiger partial charge in [0, 0.05) is 18.9 Å². The van der Waals surface area contributed by atoms with Gasteiger partial charge in [-0.15, -0.1) is 0 Å². The van der Waals surface area contributed by atoms with E-state index in [0.717, 1.165) is 0 Å². The number of hydrogen-bond acceptors (Lipinski definition) is 4. The molecule has 2 aromatic rings. The van der Waals surface area contributed by atoms with Crippen molar-refractivity contribution < 1.29 is 0 Å². The molecule has 1 aliphatic rings. The van der Waals surface area contributed by atoms with Crippen molar-refractivity contribution in [3.05, 3.63) is 28.6 Å². The van der Waals surface area contributed by atoms with E-state index < -0.39 is 0 Å². The molecule has 0 spiro atoms. The van der Waals surface area contributed by atoms with Crippen molar-refractivity contribution in [2.24, 2.45) is 13.0 Å². The van der Waals surface area contributed by atoms with E-state index in [0.29, 0.717) is 23.0 Å². The number of H-pyrrole nitrogens is 1. The second kappa shape index (κ2) is 3.19. The van der Waals surface area contributed by atoms with Crippen molar-refractivity contribution in [2.75, 3.05) is 4.90 Å². The number of fused-ring (bicyclic) bond motifs is 1. The summed E-state index contributed by atoms with van der Waals surface area (Å²) in [4.78, 5) is 25.2. The zero-order valence-corrected chi connectivity index (χ0v) is 9.93. The molecular formula is C11H13N5O. The highest BCUT2D eigenvalue weighted by molar-refractivity contribution is 5.72. The van der Waals surface area contributed by atoms with Gasteiger partial charge in [0.15, 0.2) is 11.2 Å². The van der Waals surface area contributed by atoms with Crippen molar-refractivity contribution in [1.29, 1.82) is 0 Å². The average Bonchev–Trinajstić information content (AvgIpc) is 2.95. The fraction of sp³-hybridized carbons (Fsp3) is 0.364. The first-order valence-electron chi connectivity index (χ1n) is 5.50. The van der Waals surface area contributed by atoms with Crippen LogP contribution in [0.2, 0.25) is 0 Å². The maximum atomic E-state index is 12.0. The van der Waals surface area contributed by atoms with Crippen LogP contribution in [0.5, 0.6) is 0 Å². The van der Waals surface area contributed by atoms with Crippen molar-refractivity contribution in [3.63, 3.8) is 0 Å². The molecule has 0 aliphatic carbocycles. The first kappa shape index (κ1) is 10.1. The third kappa shape index (κ3) is 1.37. The molecule has 0 atom stereocenters. The summed E-state index contributed by atoms with van der Waals surface area (Å²) in [6, 6.07) is 0. The maximum Gasteiger partial charge on any atom is 0.280 e. The zero-order chi connectivity index (χ0) is 12.2. The molecule has 0 fully saturated rings. The van der Waals surface area contributed by atoms with Crippen LogP contribution in [0.25, 0.3) is 11.2 Å². The Bertz CT molecular complexity index is 679. The number of hydrogen-bond donors (Lipinski definition) is 1. The Morgan fingerprint density at radius 1 is 1.41 bits per heavy atom. The fourth-order valence-electron chi connectivity index (χ4n) is 1.88. The van der Waals surface area contributed by atoms with E-state index in [1.807, 2.05) is 11.1 Å². The number of aromatic nitrogens is 4. The van der Waals surface area contributed by atoms with Crippen LogP contribution in [0.15, 0.2) is 23.0 Å². The van der Waals surface area contributed by atoms with Gasteiger partial charge in [-0.05, 0) is 5.92 Å². The smallest absolute Gasteiger partial charge is 0.280 e. The van der Waals surface area contributed by atoms with Gasteiger partial charge in [-0.2, -0.15) is 4.98 Å². The highest BCUT2D eigenvalue weighted by Gasteiger charge is 2.29. The first-order valence-corrected chi connectivity index (χ1v) is 5.50. The van der Waals surface area contributed by atoms with Gasteiger partial charge in [-0.1, -0.05) is 13.8 Å². The van der Waals surface area contributed by atoms with Crippen LogP contribution in [0.3, 0.4) is 0 Å². The Kier molecular flexibility index (Phi) is 1.89. The van der Waals surface area contributed by atoms with Crippen LogP contribution in [0, 0.1) is 5.92 Å². The molecule has 0 amide bonds. The van der Waals surface area contributed by atoms with Gasteiger partial charge in [0.05, 0.1) is 6.33 Å². The van der Waals surface area contributed by atoms with Crippen LogP contribution in [-0.4, -0.2) is 19.5 Å². The van der Waals surface area contributed by atoms with Gasteiger partial charge < -0.3 is 4.98 Å². The molecule has 3 rings (SSSR count). The number of imidazole rings is 1. The van der Waals surface area contributed by atoms with E-state index in [9.17, 15) is 4.79 Å². The molecule has 0 aromatic carbocycles. The highest BCUT2D eigenvalue weighted by Crippen LogP contribution is 2.33. The van der Waals surface area contributed by atoms with Gasteiger partial charge >= 0.3 is 0 Å². The number of anilines is 1. The SMILES string of the molecule is CC(C)C1=CN1c1nc2nc[nH]c2c(=O)n1C. The van der Waals surface area contributed by atoms with E-state index in [1.54, 1.807) is 7.05 Å². The fourth-order valence-corrected chi connectivity index (χ4v) is 1.88. The minimum absolute atomic E-state index is 0.106. The lowest BCUT2D eigenvalue weighted by Crippen LogP contribution is -2.23. The molecule has 88 valence electrons. The summed E-state index contributed by atoms with van der Waals surface area (Å²) >= 11 is 0. The van der Waals surface area contributed by atoms with E-state index in [2.05, 4.69) is 28.8 Å². The number of nitrogens with zero attached hydrogens (tertiary/aromatic N) is 4. The Morgan fingerprint density at radius 3 is 2.82 bits per heavy atom. The Hall–Kier alpha value is -2.11. The van der Waals surface area contributed by atoms with E-state index in [-0.39, 0.29) is 5.56 Å². The number of allylic oxidation sites excluding steroid dienone is 1. The molecule has 6 nitrogen and oxygen atoms in total. The molecule has 0 bridgehead atoms. The molecule has 1 N–H and O–H groups in total. The van der Waals surface area contributed by atoms with Gasteiger partial charge in [0.2, 0.25) is 5.95 Å². The topological polar surface area (TPSA) is 66.6 Å². The molecule has 0 radical (unpaired) electrons. The van der Waals surface area contributed by atoms with Gasteiger partial charge in [-0.3, -0.25) is 14.3 Å². The van der Waals surface area contributed by atoms with Crippen molar-refractivity contribution in [2.45, 2.75) is 13.8 Å². The number of aromatic amines is 1. The van der Waals surface area contributed by atoms with Crippen LogP contribution < -0.4 is 10.5 Å². The maximum absolute atomic E-state index is 12.0. The Morgan fingerprint density at radius 2 is 2.18 bits per heavy atom. The van der Waals surface area contributed by atoms with Crippen LogP contribution >= 0.6 is 0 Å². The predicted octanol–water partition coefficient (Wildman–Crippen LogP) is 0.974. The molecule has 6 heteroatoms. The minimum atomic E-state index is -0.106. The van der Waals surface area contributed by atoms with Crippen LogP contribution in [0.1, 0.15) is 13.8 Å². The molecular weight excluding hydrogens is 218 g/mol. The molecule has 0 unspecified atom stereocenters. The van der Waals surface area contributed by atoms with Crippen molar-refractivity contribution in [1.82, 2.24) is 19.5 Å². The predicted molar refractivity (Wildman–Crippen MR) is 64.5 cm³/mol. The van der Waals surface area contributed by atoms with Crippen molar-refractivity contribution in [3.8, 4) is 0 Å². The molecule has 3 heterocycles. The largest absolute Gasteiger partial charge is 0.339 e. The number of nitrogens with one attached hydrogen (secondary N) is 1. The summed E-state index contributed by atoms with van der Waals surface area (Å²) < 4.78 is 1.53. The third-order valence-corrected chi connectivity index (χ3v) is 2.92. The standard InChI is InChI=1S/C11H13N5O/c1-6(2)7-4-16(7)11-14-9-8(12-5-13-9)10(17)15(11)3/h4-6H,1-3H3,(H,12,13). The second-order valence-electron chi connectivity index (χ2n) is 4.46. The zero-order valence-electron chi connectivity index (χ0n) is 9.93. The monoisotopic (exact) mass is 231 g/mol. The molecule has 17 heavy (non-hydrogen) atoms. The van der Waals surface area contributed by atoms with Crippen molar-refractivity contribution >= 4 is 17.1 Å². The lowest BCUT2D eigenvalue weighted by Gasteiger charge is -2.11. The quantitative estimate of drug-likeness (QED) is 0.836. The number of rotatable bonds is 2. The summed E-state index contributed by atoms with van der Waals surface area (Å²) in [5, 5.41) is 0. The Labute approximate surface area is 97.6 Å². The average molecular weight is 231 g/mol. The summed E-state index contributed by atoms with van der Waals surface area (Å²) in [7, 11) is 1.72. The van der Waals surface area contributed by atoms with Gasteiger partial charge in [-0.25, -0.2) is 4.98 Å². The van der Waals surface area contributed by atoms with Gasteiger partial charge in [0.25, 0.3) is 5.56 Å². The summed E-state index contributed by atoms with van der Waals surface area (Å²) in [6.45, 7) is 4.22. The lowest BCUT2D eigenvalue weighted by atomic mass is 10.2. The molecule has 2 aromatic heterocycles. The van der Waals surface area contributed by atoms with Gasteiger partial charge in [0.1, 0.15) is 0 Å². The lowest BCUT2D eigenvalue weighted by molar-refractivity contribution is 0.770. The highest BCUT2D eigenvalue weighted by atomic mass is 16.1. The van der Waals surface area contributed by atoms with E-state index in [4.69, 9.17) is 0 Å². The molecule has 0 saturated carbocycles. The third-order valence-electron chi connectivity index (χ3n) is 2.92. The normalized spacial score (nSPS) is 14.6.